The number of carbonyl (C=O) groups excluding carboxylic acids is 1. The summed E-state index contributed by atoms with van der Waals surface area (Å²) in [5, 5.41) is 13.9. The number of hydrogen-bond acceptors (Lipinski definition) is 4. The Morgan fingerprint density at radius 1 is 0.935 bits per heavy atom. The van der Waals surface area contributed by atoms with E-state index in [-0.39, 0.29) is 49.3 Å². The summed E-state index contributed by atoms with van der Waals surface area (Å²) in [6.45, 7) is 16.3. The van der Waals surface area contributed by atoms with Crippen LogP contribution in [-0.4, -0.2) is 15.9 Å². The van der Waals surface area contributed by atoms with Crippen molar-refractivity contribution in [3.05, 3.63) is 89.1 Å². The minimum Gasteiger partial charge on any atom is -0.512 e. The Balaban J connectivity index is 0.000000309. The van der Waals surface area contributed by atoms with Crippen LogP contribution in [0.3, 0.4) is 0 Å². The summed E-state index contributed by atoms with van der Waals surface area (Å²) in [4.78, 5) is 16.4. The van der Waals surface area contributed by atoms with Crippen LogP contribution in [0, 0.1) is 43.5 Å². The molecule has 1 N–H and O–H groups in total. The van der Waals surface area contributed by atoms with Crippen LogP contribution in [-0.2, 0) is 31.3 Å². The first kappa shape index (κ1) is 37.1. The maximum Gasteiger partial charge on any atom is 0.162 e. The van der Waals surface area contributed by atoms with Crippen molar-refractivity contribution in [2.75, 3.05) is 0 Å². The van der Waals surface area contributed by atoms with Crippen LogP contribution in [0.15, 0.2) is 64.9 Å². The van der Waals surface area contributed by atoms with Gasteiger partial charge in [-0.2, -0.15) is 0 Å². The Morgan fingerprint density at radius 2 is 1.61 bits per heavy atom. The predicted molar refractivity (Wildman–Crippen MR) is 185 cm³/mol. The van der Waals surface area contributed by atoms with Crippen molar-refractivity contribution in [3.8, 4) is 11.3 Å². The Labute approximate surface area is 286 Å². The van der Waals surface area contributed by atoms with E-state index >= 15 is 0 Å². The number of hydrogen-bond donors (Lipinski definition) is 1. The second-order valence-electron chi connectivity index (χ2n) is 12.6. The summed E-state index contributed by atoms with van der Waals surface area (Å²) in [6, 6.07) is 17.4. The summed E-state index contributed by atoms with van der Waals surface area (Å²) >= 11 is 0. The van der Waals surface area contributed by atoms with Crippen LogP contribution < -0.4 is 0 Å². The fraction of sp³-hybridized carbons (Fsp3) is 0.400. The summed E-state index contributed by atoms with van der Waals surface area (Å²) < 4.78 is 20.3. The Kier molecular flexibility index (Phi) is 13.3. The van der Waals surface area contributed by atoms with Crippen molar-refractivity contribution in [1.29, 1.82) is 0 Å². The predicted octanol–water partition coefficient (Wildman–Crippen LogP) is 11.4. The average Bonchev–Trinajstić information content (AvgIpc) is 3.34. The van der Waals surface area contributed by atoms with Crippen LogP contribution >= 0.6 is 0 Å². The number of aliphatic hydroxyl groups excluding tert-OH is 1. The van der Waals surface area contributed by atoms with Crippen LogP contribution in [0.5, 0.6) is 0 Å². The number of pyridine rings is 1. The van der Waals surface area contributed by atoms with Gasteiger partial charge < -0.3 is 14.5 Å². The molecule has 0 saturated heterocycles. The number of halogens is 1. The van der Waals surface area contributed by atoms with Gasteiger partial charge in [0.15, 0.2) is 5.78 Å². The number of carbonyl (C=O) groups is 1. The topological polar surface area (TPSA) is 63.3 Å². The van der Waals surface area contributed by atoms with Crippen LogP contribution in [0.4, 0.5) is 4.39 Å². The van der Waals surface area contributed by atoms with E-state index in [1.807, 2.05) is 59.0 Å². The van der Waals surface area contributed by atoms with E-state index in [4.69, 9.17) is 9.40 Å². The molecular formula is C40H47FIrNO3-. The summed E-state index contributed by atoms with van der Waals surface area (Å²) in [7, 11) is 0. The number of rotatable bonds is 10. The maximum absolute atomic E-state index is 14.1. The molecule has 0 unspecified atom stereocenters. The molecule has 4 nitrogen and oxygen atoms in total. The van der Waals surface area contributed by atoms with E-state index in [2.05, 4.69) is 38.1 Å². The zero-order chi connectivity index (χ0) is 32.8. The molecule has 0 spiro atoms. The van der Waals surface area contributed by atoms with Crippen molar-refractivity contribution < 1.29 is 38.8 Å². The molecule has 0 bridgehead atoms. The van der Waals surface area contributed by atoms with Gasteiger partial charge in [-0.15, -0.1) is 17.7 Å². The summed E-state index contributed by atoms with van der Waals surface area (Å²) in [5.41, 5.74) is 5.84. The van der Waals surface area contributed by atoms with E-state index < -0.39 is 0 Å². The van der Waals surface area contributed by atoms with Crippen LogP contribution in [0.25, 0.3) is 44.0 Å². The molecule has 1 radical (unpaired) electrons. The van der Waals surface area contributed by atoms with E-state index in [1.54, 1.807) is 6.92 Å². The van der Waals surface area contributed by atoms with Gasteiger partial charge in [0.05, 0.1) is 11.3 Å². The zero-order valence-electron chi connectivity index (χ0n) is 28.4. The molecule has 247 valence electrons. The van der Waals surface area contributed by atoms with Gasteiger partial charge in [0.1, 0.15) is 11.4 Å². The monoisotopic (exact) mass is 801 g/mol. The smallest absolute Gasteiger partial charge is 0.162 e. The number of aromatic nitrogens is 1. The second-order valence-corrected chi connectivity index (χ2v) is 12.6. The number of fused-ring (bicyclic) bond motifs is 4. The minimum atomic E-state index is -0.259. The number of benzene rings is 3. The standard InChI is InChI=1S/C27H23FNO.C13H24O2.Ir/c1-15(2)9-18-5-6-20-19(13-18)7-8-29-26(20)23-11-16(3)10-22-21-12-17(4)24(28)14-25(21)30-27(22)23;1-5-10(6-2)12(14)9-13(15)11(7-3)8-4;/h5-8,10,12-15H,9H2,1-4H3;9-11,14H,5-8H2,1-4H3;/q-1;;/b;12-9-;. The zero-order valence-corrected chi connectivity index (χ0v) is 30.8. The molecule has 0 atom stereocenters. The molecule has 6 heteroatoms. The Hall–Kier alpha value is -3.34. The van der Waals surface area contributed by atoms with Crippen molar-refractivity contribution in [1.82, 2.24) is 4.98 Å². The fourth-order valence-electron chi connectivity index (χ4n) is 6.05. The molecule has 0 aliphatic rings. The first-order valence-electron chi connectivity index (χ1n) is 16.4. The fourth-order valence-corrected chi connectivity index (χ4v) is 6.05. The molecule has 2 heterocycles. The minimum absolute atomic E-state index is 0. The van der Waals surface area contributed by atoms with Gasteiger partial charge in [-0.3, -0.25) is 4.79 Å². The first-order chi connectivity index (χ1) is 21.5. The average molecular weight is 801 g/mol. The van der Waals surface area contributed by atoms with Gasteiger partial charge >= 0.3 is 0 Å². The molecule has 0 saturated carbocycles. The first-order valence-corrected chi connectivity index (χ1v) is 16.4. The normalized spacial score (nSPS) is 11.9. The third-order valence-electron chi connectivity index (χ3n) is 8.71. The molecule has 0 amide bonds. The van der Waals surface area contributed by atoms with Gasteiger partial charge in [-0.1, -0.05) is 77.6 Å². The number of allylic oxidation sites excluding steroid dienone is 2. The van der Waals surface area contributed by atoms with Gasteiger partial charge in [0.25, 0.3) is 0 Å². The molecule has 2 aromatic heterocycles. The van der Waals surface area contributed by atoms with E-state index in [0.717, 1.165) is 70.5 Å². The van der Waals surface area contributed by atoms with Gasteiger partial charge in [0.2, 0.25) is 0 Å². The molecular weight excluding hydrogens is 754 g/mol. The molecule has 0 aliphatic carbocycles. The number of nitrogens with zero attached hydrogens (tertiary/aromatic N) is 1. The third kappa shape index (κ3) is 8.32. The molecule has 3 aromatic carbocycles. The molecule has 5 aromatic rings. The number of furan rings is 1. The van der Waals surface area contributed by atoms with Crippen molar-refractivity contribution in [2.45, 2.75) is 87.5 Å². The Morgan fingerprint density at radius 3 is 2.24 bits per heavy atom. The Bertz CT molecular complexity index is 1830. The maximum atomic E-state index is 14.1. The molecule has 0 fully saturated rings. The second kappa shape index (κ2) is 16.5. The van der Waals surface area contributed by atoms with E-state index in [9.17, 15) is 14.3 Å². The quantitative estimate of drug-likeness (QED) is 0.0868. The number of aryl methyl sites for hydroxylation is 2. The van der Waals surface area contributed by atoms with Crippen LogP contribution in [0.2, 0.25) is 0 Å². The number of aliphatic hydroxyl groups is 1. The van der Waals surface area contributed by atoms with Gasteiger partial charge in [0, 0.05) is 55.7 Å². The van der Waals surface area contributed by atoms with Crippen molar-refractivity contribution in [2.24, 2.45) is 17.8 Å². The van der Waals surface area contributed by atoms with E-state index in [1.165, 1.54) is 17.7 Å². The largest absolute Gasteiger partial charge is 0.512 e. The third-order valence-corrected chi connectivity index (χ3v) is 8.71. The van der Waals surface area contributed by atoms with Crippen molar-refractivity contribution >= 4 is 38.5 Å². The van der Waals surface area contributed by atoms with Gasteiger partial charge in [-0.05, 0) is 84.7 Å². The summed E-state index contributed by atoms with van der Waals surface area (Å²) in [5.74, 6) is 0.892. The molecule has 46 heavy (non-hydrogen) atoms. The SMILES string of the molecule is CCC(CC)C(=O)/C=C(\O)C(CC)CC.Cc1[c-]c(-c2nccc3cc(CC(C)C)ccc23)c2oc3cc(F)c(C)cc3c2c1.[Ir]. The number of ketones is 1. The molecule has 5 rings (SSSR count). The van der Waals surface area contributed by atoms with Crippen molar-refractivity contribution in [3.63, 3.8) is 0 Å². The van der Waals surface area contributed by atoms with E-state index in [0.29, 0.717) is 22.6 Å². The summed E-state index contributed by atoms with van der Waals surface area (Å²) in [6.07, 6.45) is 7.79. The molecule has 0 aliphatic heterocycles. The van der Waals surface area contributed by atoms with Crippen LogP contribution in [0.1, 0.15) is 83.9 Å². The van der Waals surface area contributed by atoms with Gasteiger partial charge in [-0.25, -0.2) is 4.39 Å².